The van der Waals surface area contributed by atoms with Crippen molar-refractivity contribution in [3.8, 4) is 0 Å². The number of aromatic amines is 1. The Bertz CT molecular complexity index is 862. The normalized spacial score (nSPS) is 15.2. The van der Waals surface area contributed by atoms with E-state index >= 15 is 0 Å². The van der Waals surface area contributed by atoms with Gasteiger partial charge in [0, 0.05) is 18.3 Å². The summed E-state index contributed by atoms with van der Waals surface area (Å²) in [5.74, 6) is -4.92. The van der Waals surface area contributed by atoms with Crippen LogP contribution >= 0.6 is 0 Å². The Morgan fingerprint density at radius 2 is 1.69 bits per heavy atom. The van der Waals surface area contributed by atoms with Crippen LogP contribution in [0.2, 0.25) is 0 Å². The lowest BCUT2D eigenvalue weighted by Crippen LogP contribution is -2.59. The molecule has 1 heterocycles. The van der Waals surface area contributed by atoms with Crippen LogP contribution in [0.15, 0.2) is 12.5 Å². The molecular formula is C20H34N8O7. The molecular weight excluding hydrogens is 464 g/mol. The summed E-state index contributed by atoms with van der Waals surface area (Å²) in [6, 6.07) is -5.40. The van der Waals surface area contributed by atoms with Crippen molar-refractivity contribution in [1.29, 1.82) is 0 Å². The zero-order valence-electron chi connectivity index (χ0n) is 19.4. The average molecular weight is 499 g/mol. The number of amides is 4. The highest BCUT2D eigenvalue weighted by Crippen LogP contribution is 2.04. The number of carbonyl (C=O) groups is 5. The maximum Gasteiger partial charge on any atom is 0.328 e. The van der Waals surface area contributed by atoms with Crippen molar-refractivity contribution >= 4 is 29.6 Å². The predicted octanol–water partition coefficient (Wildman–Crippen LogP) is -3.80. The lowest BCUT2D eigenvalue weighted by molar-refractivity contribution is -0.145. The molecule has 4 amide bonds. The van der Waals surface area contributed by atoms with E-state index in [0.29, 0.717) is 31.5 Å². The van der Waals surface area contributed by atoms with E-state index in [4.69, 9.17) is 17.2 Å². The molecule has 12 N–H and O–H groups in total. The van der Waals surface area contributed by atoms with E-state index in [0.717, 1.165) is 0 Å². The number of rotatable bonds is 16. The number of nitrogens with two attached hydrogens (primary N) is 3. The molecule has 0 aliphatic rings. The van der Waals surface area contributed by atoms with Gasteiger partial charge in [0.25, 0.3) is 0 Å². The van der Waals surface area contributed by atoms with Crippen molar-refractivity contribution in [3.05, 3.63) is 18.2 Å². The Balaban J connectivity index is 3.02. The molecule has 35 heavy (non-hydrogen) atoms. The van der Waals surface area contributed by atoms with Gasteiger partial charge in [-0.05, 0) is 26.3 Å². The zero-order valence-corrected chi connectivity index (χ0v) is 19.4. The molecule has 0 spiro atoms. The first-order valence-corrected chi connectivity index (χ1v) is 11.0. The fraction of sp³-hybridized carbons (Fsp3) is 0.600. The van der Waals surface area contributed by atoms with Gasteiger partial charge in [-0.25, -0.2) is 9.78 Å². The van der Waals surface area contributed by atoms with Gasteiger partial charge in [0.15, 0.2) is 6.04 Å². The molecule has 0 radical (unpaired) electrons. The number of aliphatic hydroxyl groups excluding tert-OH is 1. The van der Waals surface area contributed by atoms with Crippen molar-refractivity contribution < 1.29 is 34.2 Å². The van der Waals surface area contributed by atoms with Gasteiger partial charge < -0.3 is 48.3 Å². The minimum Gasteiger partial charge on any atom is -0.480 e. The van der Waals surface area contributed by atoms with E-state index in [9.17, 15) is 34.2 Å². The van der Waals surface area contributed by atoms with Gasteiger partial charge in [-0.1, -0.05) is 6.42 Å². The number of primary amides is 1. The summed E-state index contributed by atoms with van der Waals surface area (Å²) in [5, 5.41) is 25.8. The van der Waals surface area contributed by atoms with E-state index in [1.165, 1.54) is 19.4 Å². The SMILES string of the molecule is CC(O)C(NC(=O)C(Cc1cnc[nH]1)NC(=O)C(CC(N)=O)NC(=O)C(N)CCCCN)C(=O)O. The lowest BCUT2D eigenvalue weighted by Gasteiger charge is -2.25. The Morgan fingerprint density at radius 3 is 2.20 bits per heavy atom. The summed E-state index contributed by atoms with van der Waals surface area (Å²) in [7, 11) is 0. The quantitative estimate of drug-likeness (QED) is 0.100. The molecule has 1 aromatic heterocycles. The van der Waals surface area contributed by atoms with E-state index < -0.39 is 66.3 Å². The van der Waals surface area contributed by atoms with Gasteiger partial charge in [0.05, 0.1) is 24.9 Å². The molecule has 1 rings (SSSR count). The first-order valence-electron chi connectivity index (χ1n) is 11.0. The number of imidazole rings is 1. The molecule has 196 valence electrons. The topological polar surface area (TPSA) is 269 Å². The number of aliphatic hydroxyl groups is 1. The van der Waals surface area contributed by atoms with Crippen LogP contribution in [-0.2, 0) is 30.4 Å². The molecule has 5 atom stereocenters. The molecule has 15 heteroatoms. The summed E-state index contributed by atoms with van der Waals surface area (Å²) in [6.45, 7) is 1.61. The maximum absolute atomic E-state index is 12.9. The monoisotopic (exact) mass is 498 g/mol. The number of nitrogens with zero attached hydrogens (tertiary/aromatic N) is 1. The van der Waals surface area contributed by atoms with Gasteiger partial charge in [-0.2, -0.15) is 0 Å². The third-order valence-electron chi connectivity index (χ3n) is 5.00. The number of hydrogen-bond acceptors (Lipinski definition) is 9. The van der Waals surface area contributed by atoms with Crippen molar-refractivity contribution in [3.63, 3.8) is 0 Å². The van der Waals surface area contributed by atoms with Crippen LogP contribution in [0, 0.1) is 0 Å². The predicted molar refractivity (Wildman–Crippen MR) is 122 cm³/mol. The molecule has 0 fully saturated rings. The highest BCUT2D eigenvalue weighted by atomic mass is 16.4. The van der Waals surface area contributed by atoms with E-state index in [2.05, 4.69) is 25.9 Å². The minimum atomic E-state index is -1.64. The summed E-state index contributed by atoms with van der Waals surface area (Å²) in [4.78, 5) is 67.6. The lowest BCUT2D eigenvalue weighted by atomic mass is 10.1. The Hall–Kier alpha value is -3.56. The fourth-order valence-electron chi connectivity index (χ4n) is 3.07. The highest BCUT2D eigenvalue weighted by Gasteiger charge is 2.32. The van der Waals surface area contributed by atoms with Crippen LogP contribution in [0.3, 0.4) is 0 Å². The van der Waals surface area contributed by atoms with Gasteiger partial charge in [-0.15, -0.1) is 0 Å². The Kier molecular flexibility index (Phi) is 12.3. The van der Waals surface area contributed by atoms with Crippen molar-refractivity contribution in [1.82, 2.24) is 25.9 Å². The molecule has 0 aromatic carbocycles. The minimum absolute atomic E-state index is 0.139. The summed E-state index contributed by atoms with van der Waals surface area (Å²) < 4.78 is 0. The number of aromatic nitrogens is 2. The fourth-order valence-corrected chi connectivity index (χ4v) is 3.07. The van der Waals surface area contributed by atoms with Crippen molar-refractivity contribution in [2.24, 2.45) is 17.2 Å². The second kappa shape index (κ2) is 14.6. The molecule has 0 aliphatic heterocycles. The van der Waals surface area contributed by atoms with Gasteiger partial charge in [0.2, 0.25) is 23.6 Å². The first kappa shape index (κ1) is 29.5. The number of aliphatic carboxylic acids is 1. The van der Waals surface area contributed by atoms with E-state index in [1.807, 2.05) is 0 Å². The Morgan fingerprint density at radius 1 is 1.06 bits per heavy atom. The van der Waals surface area contributed by atoms with Crippen LogP contribution in [0.5, 0.6) is 0 Å². The molecule has 1 aromatic rings. The number of carboxylic acids is 1. The van der Waals surface area contributed by atoms with Crippen molar-refractivity contribution in [2.45, 2.75) is 69.3 Å². The van der Waals surface area contributed by atoms with Crippen LogP contribution in [0.1, 0.15) is 38.3 Å². The summed E-state index contributed by atoms with van der Waals surface area (Å²) >= 11 is 0. The van der Waals surface area contributed by atoms with Gasteiger partial charge in [0.1, 0.15) is 12.1 Å². The molecule has 5 unspecified atom stereocenters. The maximum atomic E-state index is 12.9. The smallest absolute Gasteiger partial charge is 0.328 e. The molecule has 0 aliphatic carbocycles. The summed E-state index contributed by atoms with van der Waals surface area (Å²) in [5.41, 5.74) is 16.9. The van der Waals surface area contributed by atoms with Crippen LogP contribution < -0.4 is 33.2 Å². The first-order chi connectivity index (χ1) is 16.5. The van der Waals surface area contributed by atoms with Crippen LogP contribution in [0.4, 0.5) is 0 Å². The molecule has 15 nitrogen and oxygen atoms in total. The number of carbonyl (C=O) groups excluding carboxylic acids is 4. The molecule has 0 bridgehead atoms. The number of carboxylic acid groups (broad SMARTS) is 1. The average Bonchev–Trinajstić information content (AvgIpc) is 3.28. The largest absolute Gasteiger partial charge is 0.480 e. The third kappa shape index (κ3) is 10.5. The van der Waals surface area contributed by atoms with E-state index in [-0.39, 0.29) is 6.42 Å². The standard InChI is InChI=1S/C20H34N8O7/c1-10(29)16(20(34)35)28-19(33)13(6-11-8-24-9-25-11)27-18(32)14(7-15(23)30)26-17(31)12(22)4-2-3-5-21/h8-10,12-14,16,29H,2-7,21-22H2,1H3,(H2,23,30)(H,24,25)(H,26,31)(H,27,32)(H,28,33)(H,34,35). The number of hydrogen-bond donors (Lipinski definition) is 9. The van der Waals surface area contributed by atoms with Crippen LogP contribution in [0.25, 0.3) is 0 Å². The van der Waals surface area contributed by atoms with E-state index in [1.54, 1.807) is 0 Å². The second-order valence-electron chi connectivity index (χ2n) is 8.03. The highest BCUT2D eigenvalue weighted by molar-refractivity contribution is 5.96. The van der Waals surface area contributed by atoms with Gasteiger partial charge in [-0.3, -0.25) is 19.2 Å². The third-order valence-corrected chi connectivity index (χ3v) is 5.00. The zero-order chi connectivity index (χ0) is 26.5. The molecule has 0 saturated heterocycles. The number of nitrogens with one attached hydrogen (secondary N) is 4. The van der Waals surface area contributed by atoms with Crippen molar-refractivity contribution in [2.75, 3.05) is 6.54 Å². The number of unbranched alkanes of at least 4 members (excludes halogenated alkanes) is 1. The number of H-pyrrole nitrogens is 1. The van der Waals surface area contributed by atoms with Gasteiger partial charge >= 0.3 is 5.97 Å². The summed E-state index contributed by atoms with van der Waals surface area (Å²) in [6.07, 6.45) is 2.12. The molecule has 0 saturated carbocycles. The second-order valence-corrected chi connectivity index (χ2v) is 8.03. The van der Waals surface area contributed by atoms with Crippen LogP contribution in [-0.4, -0.2) is 86.6 Å². The Labute approximate surface area is 201 Å².